The Kier molecular flexibility index (Phi) is 4.93. The first-order valence-corrected chi connectivity index (χ1v) is 10.9. The van der Waals surface area contributed by atoms with Crippen LogP contribution < -0.4 is 4.74 Å². The minimum Gasteiger partial charge on any atom is -0.482 e. The second kappa shape index (κ2) is 7.76. The summed E-state index contributed by atoms with van der Waals surface area (Å²) in [7, 11) is 0. The maximum Gasteiger partial charge on any atom is 0.410 e. The number of aromatic nitrogens is 2. The third kappa shape index (κ3) is 3.56. The summed E-state index contributed by atoms with van der Waals surface area (Å²) in [5, 5.41) is 4.89. The van der Waals surface area contributed by atoms with Crippen molar-refractivity contribution in [3.05, 3.63) is 71.9 Å². The van der Waals surface area contributed by atoms with Gasteiger partial charge in [0.1, 0.15) is 23.7 Å². The molecule has 0 N–H and O–H groups in total. The van der Waals surface area contributed by atoms with Gasteiger partial charge < -0.3 is 14.4 Å². The van der Waals surface area contributed by atoms with Gasteiger partial charge in [-0.15, -0.1) is 0 Å². The maximum atomic E-state index is 12.6. The van der Waals surface area contributed by atoms with Crippen LogP contribution in [0.5, 0.6) is 5.75 Å². The third-order valence-corrected chi connectivity index (χ3v) is 6.23. The van der Waals surface area contributed by atoms with Gasteiger partial charge in [-0.1, -0.05) is 42.5 Å². The summed E-state index contributed by atoms with van der Waals surface area (Å²) in [5.74, 6) is 0.865. The number of likely N-dealkylation sites (tertiary alicyclic amines) is 1. The second-order valence-electron chi connectivity index (χ2n) is 8.58. The van der Waals surface area contributed by atoms with E-state index in [1.54, 1.807) is 4.90 Å². The lowest BCUT2D eigenvalue weighted by Gasteiger charge is -2.43. The second-order valence-corrected chi connectivity index (χ2v) is 8.58. The molecule has 0 radical (unpaired) electrons. The molecule has 5 rings (SSSR count). The molecular formula is C25H27N3O3. The quantitative estimate of drug-likeness (QED) is 0.591. The summed E-state index contributed by atoms with van der Waals surface area (Å²) in [6.07, 6.45) is 3.27. The minimum absolute atomic E-state index is 0.267. The van der Waals surface area contributed by atoms with Crippen LogP contribution in [-0.4, -0.2) is 33.9 Å². The Labute approximate surface area is 182 Å². The average Bonchev–Trinajstić information content (AvgIpc) is 3.26. The van der Waals surface area contributed by atoms with Crippen molar-refractivity contribution in [1.82, 2.24) is 14.7 Å². The predicted octanol–water partition coefficient (Wildman–Crippen LogP) is 5.15. The SMILES string of the molecule is CC(C)n1cc2c(n1)-c1ccccc1OC21CCN(C(=O)OCc2ccccc2)CC1. The fraction of sp³-hybridized carbons (Fsp3) is 0.360. The van der Waals surface area contributed by atoms with E-state index in [0.717, 1.165) is 28.1 Å². The van der Waals surface area contributed by atoms with Crippen LogP contribution in [0, 0.1) is 0 Å². The highest BCUT2D eigenvalue weighted by Gasteiger charge is 2.46. The van der Waals surface area contributed by atoms with Crippen LogP contribution in [-0.2, 0) is 16.9 Å². The summed E-state index contributed by atoms with van der Waals surface area (Å²) < 4.78 is 14.2. The van der Waals surface area contributed by atoms with E-state index in [-0.39, 0.29) is 18.7 Å². The molecule has 31 heavy (non-hydrogen) atoms. The van der Waals surface area contributed by atoms with Crippen LogP contribution in [0.2, 0.25) is 0 Å². The van der Waals surface area contributed by atoms with Gasteiger partial charge in [-0.3, -0.25) is 4.68 Å². The molecule has 0 bridgehead atoms. The molecule has 0 atom stereocenters. The van der Waals surface area contributed by atoms with Gasteiger partial charge in [0.25, 0.3) is 0 Å². The standard InChI is InChI=1S/C25H27N3O3/c1-18(2)28-16-21-23(26-28)20-10-6-7-11-22(20)31-25(21)12-14-27(15-13-25)24(29)30-17-19-8-4-3-5-9-19/h3-11,16,18H,12-15,17H2,1-2H3. The molecule has 160 valence electrons. The number of piperidine rings is 1. The lowest BCUT2D eigenvalue weighted by Crippen LogP contribution is -2.49. The number of amides is 1. The van der Waals surface area contributed by atoms with E-state index in [4.69, 9.17) is 14.6 Å². The number of ether oxygens (including phenoxy) is 2. The van der Waals surface area contributed by atoms with Crippen molar-refractivity contribution in [3.63, 3.8) is 0 Å². The van der Waals surface area contributed by atoms with Crippen molar-refractivity contribution >= 4 is 6.09 Å². The predicted molar refractivity (Wildman–Crippen MR) is 118 cm³/mol. The number of carbonyl (C=O) groups excluding carboxylic acids is 1. The van der Waals surface area contributed by atoms with E-state index in [1.165, 1.54) is 0 Å². The van der Waals surface area contributed by atoms with Gasteiger partial charge >= 0.3 is 6.09 Å². The normalized spacial score (nSPS) is 16.5. The van der Waals surface area contributed by atoms with E-state index in [9.17, 15) is 4.79 Å². The molecule has 0 unspecified atom stereocenters. The molecule has 3 heterocycles. The van der Waals surface area contributed by atoms with Crippen LogP contribution in [0.3, 0.4) is 0 Å². The Hall–Kier alpha value is -3.28. The smallest absolute Gasteiger partial charge is 0.410 e. The van der Waals surface area contributed by atoms with Gasteiger partial charge in [0.15, 0.2) is 0 Å². The molecule has 1 saturated heterocycles. The zero-order chi connectivity index (χ0) is 21.4. The monoisotopic (exact) mass is 417 g/mol. The van der Waals surface area contributed by atoms with Gasteiger partial charge in [-0.2, -0.15) is 5.10 Å². The maximum absolute atomic E-state index is 12.6. The summed E-state index contributed by atoms with van der Waals surface area (Å²) >= 11 is 0. The Morgan fingerprint density at radius 1 is 1.10 bits per heavy atom. The van der Waals surface area contributed by atoms with Crippen molar-refractivity contribution in [2.24, 2.45) is 0 Å². The van der Waals surface area contributed by atoms with E-state index in [0.29, 0.717) is 25.9 Å². The van der Waals surface area contributed by atoms with Crippen molar-refractivity contribution in [1.29, 1.82) is 0 Å². The Morgan fingerprint density at radius 2 is 1.81 bits per heavy atom. The molecule has 1 amide bonds. The molecule has 1 fully saturated rings. The van der Waals surface area contributed by atoms with E-state index < -0.39 is 5.60 Å². The summed E-state index contributed by atoms with van der Waals surface area (Å²) in [6, 6.07) is 18.1. The molecule has 2 aliphatic rings. The van der Waals surface area contributed by atoms with Crippen LogP contribution in [0.15, 0.2) is 60.8 Å². The first kappa shape index (κ1) is 19.7. The fourth-order valence-electron chi connectivity index (χ4n) is 4.44. The van der Waals surface area contributed by atoms with Crippen molar-refractivity contribution in [2.45, 2.75) is 44.9 Å². The highest BCUT2D eigenvalue weighted by Crippen LogP contribution is 2.49. The number of nitrogens with zero attached hydrogens (tertiary/aromatic N) is 3. The molecule has 2 aromatic carbocycles. The lowest BCUT2D eigenvalue weighted by atomic mass is 9.81. The summed E-state index contributed by atoms with van der Waals surface area (Å²) in [6.45, 7) is 5.72. The number of hydrogen-bond acceptors (Lipinski definition) is 4. The largest absolute Gasteiger partial charge is 0.482 e. The first-order chi connectivity index (χ1) is 15.1. The molecule has 3 aromatic rings. The molecule has 6 nitrogen and oxygen atoms in total. The highest BCUT2D eigenvalue weighted by atomic mass is 16.6. The van der Waals surface area contributed by atoms with Gasteiger partial charge in [-0.25, -0.2) is 4.79 Å². The third-order valence-electron chi connectivity index (χ3n) is 6.23. The lowest BCUT2D eigenvalue weighted by molar-refractivity contribution is -0.00653. The number of benzene rings is 2. The van der Waals surface area contributed by atoms with Gasteiger partial charge in [-0.05, 0) is 31.5 Å². The molecule has 1 aromatic heterocycles. The number of fused-ring (bicyclic) bond motifs is 4. The molecule has 2 aliphatic heterocycles. The zero-order valence-corrected chi connectivity index (χ0v) is 18.0. The Bertz CT molecular complexity index is 1080. The first-order valence-electron chi connectivity index (χ1n) is 10.9. The van der Waals surface area contributed by atoms with Gasteiger partial charge in [0.2, 0.25) is 0 Å². The molecule has 1 spiro atoms. The van der Waals surface area contributed by atoms with Crippen molar-refractivity contribution in [2.75, 3.05) is 13.1 Å². The van der Waals surface area contributed by atoms with E-state index in [1.807, 2.05) is 53.2 Å². The van der Waals surface area contributed by atoms with Gasteiger partial charge in [0.05, 0.1) is 0 Å². The molecule has 0 aliphatic carbocycles. The Morgan fingerprint density at radius 3 is 2.55 bits per heavy atom. The Balaban J connectivity index is 1.34. The zero-order valence-electron chi connectivity index (χ0n) is 18.0. The van der Waals surface area contributed by atoms with E-state index >= 15 is 0 Å². The van der Waals surface area contributed by atoms with Crippen LogP contribution in [0.1, 0.15) is 43.9 Å². The number of hydrogen-bond donors (Lipinski definition) is 0. The minimum atomic E-state index is -0.465. The fourth-order valence-corrected chi connectivity index (χ4v) is 4.44. The van der Waals surface area contributed by atoms with Gasteiger partial charge in [0, 0.05) is 49.3 Å². The van der Waals surface area contributed by atoms with Crippen LogP contribution in [0.25, 0.3) is 11.3 Å². The number of carbonyl (C=O) groups is 1. The van der Waals surface area contributed by atoms with E-state index in [2.05, 4.69) is 26.1 Å². The number of rotatable bonds is 3. The summed E-state index contributed by atoms with van der Waals surface area (Å²) in [4.78, 5) is 14.4. The molecule has 6 heteroatoms. The van der Waals surface area contributed by atoms with Crippen LogP contribution >= 0.6 is 0 Å². The van der Waals surface area contributed by atoms with Crippen molar-refractivity contribution < 1.29 is 14.3 Å². The summed E-state index contributed by atoms with van der Waals surface area (Å²) in [5.41, 5.74) is 3.68. The van der Waals surface area contributed by atoms with Crippen molar-refractivity contribution in [3.8, 4) is 17.0 Å². The molecular weight excluding hydrogens is 390 g/mol. The van der Waals surface area contributed by atoms with Crippen LogP contribution in [0.4, 0.5) is 4.79 Å². The molecule has 0 saturated carbocycles. The number of para-hydroxylation sites is 1. The topological polar surface area (TPSA) is 56.6 Å². The highest BCUT2D eigenvalue weighted by molar-refractivity contribution is 5.73. The average molecular weight is 418 g/mol.